The Hall–Kier alpha value is -1.70. The summed E-state index contributed by atoms with van der Waals surface area (Å²) in [5.41, 5.74) is 3.08. The summed E-state index contributed by atoms with van der Waals surface area (Å²) in [5, 5.41) is 9.46. The van der Waals surface area contributed by atoms with Crippen molar-refractivity contribution >= 4 is 11.8 Å². The first-order valence-corrected chi connectivity index (χ1v) is 7.43. The standard InChI is InChI=1S/C16H17NO2S/c1-12-13(2)19-16(17-12)20-11-15-9-4-3-7-14(15)8-5-6-10-18/h3-4,7,9,18H,6,10-11H2,1-2H3. The summed E-state index contributed by atoms with van der Waals surface area (Å²) < 4.78 is 5.56. The number of benzene rings is 1. The van der Waals surface area contributed by atoms with Crippen molar-refractivity contribution in [1.29, 1.82) is 0 Å². The number of aliphatic hydroxyl groups excluding tert-OH is 1. The number of aryl methyl sites for hydroxylation is 2. The van der Waals surface area contributed by atoms with Gasteiger partial charge in [0, 0.05) is 17.7 Å². The average molecular weight is 287 g/mol. The van der Waals surface area contributed by atoms with Crippen molar-refractivity contribution in [3.05, 3.63) is 46.8 Å². The van der Waals surface area contributed by atoms with E-state index in [4.69, 9.17) is 9.52 Å². The van der Waals surface area contributed by atoms with Crippen molar-refractivity contribution < 1.29 is 9.52 Å². The van der Waals surface area contributed by atoms with Gasteiger partial charge in [0.25, 0.3) is 5.22 Å². The van der Waals surface area contributed by atoms with Crippen LogP contribution in [0.3, 0.4) is 0 Å². The van der Waals surface area contributed by atoms with Gasteiger partial charge in [0.2, 0.25) is 0 Å². The Morgan fingerprint density at radius 3 is 2.80 bits per heavy atom. The molecule has 2 aromatic rings. The van der Waals surface area contributed by atoms with Crippen molar-refractivity contribution in [2.24, 2.45) is 0 Å². The summed E-state index contributed by atoms with van der Waals surface area (Å²) in [6.45, 7) is 3.96. The molecule has 0 radical (unpaired) electrons. The van der Waals surface area contributed by atoms with E-state index in [1.165, 1.54) is 0 Å². The fourth-order valence-corrected chi connectivity index (χ4v) is 2.54. The van der Waals surface area contributed by atoms with Crippen LogP contribution in [0.25, 0.3) is 0 Å². The third-order valence-corrected chi connectivity index (χ3v) is 3.71. The summed E-state index contributed by atoms with van der Waals surface area (Å²) >= 11 is 1.57. The highest BCUT2D eigenvalue weighted by atomic mass is 32.2. The van der Waals surface area contributed by atoms with Crippen LogP contribution in [-0.4, -0.2) is 16.7 Å². The first-order valence-electron chi connectivity index (χ1n) is 6.45. The average Bonchev–Trinajstić information content (AvgIpc) is 2.77. The van der Waals surface area contributed by atoms with E-state index in [0.717, 1.165) is 28.3 Å². The molecular formula is C16H17NO2S. The normalized spacial score (nSPS) is 10.2. The highest BCUT2D eigenvalue weighted by Gasteiger charge is 2.07. The quantitative estimate of drug-likeness (QED) is 0.692. The van der Waals surface area contributed by atoms with Crippen molar-refractivity contribution in [2.45, 2.75) is 31.2 Å². The van der Waals surface area contributed by atoms with Gasteiger partial charge in [-0.1, -0.05) is 41.8 Å². The van der Waals surface area contributed by atoms with Crippen molar-refractivity contribution in [1.82, 2.24) is 4.98 Å². The highest BCUT2D eigenvalue weighted by molar-refractivity contribution is 7.98. The molecule has 3 nitrogen and oxygen atoms in total. The number of aromatic nitrogens is 1. The second-order valence-electron chi connectivity index (χ2n) is 4.34. The van der Waals surface area contributed by atoms with Crippen LogP contribution in [0.5, 0.6) is 0 Å². The van der Waals surface area contributed by atoms with Gasteiger partial charge in [0.1, 0.15) is 5.76 Å². The number of thioether (sulfide) groups is 1. The molecule has 1 heterocycles. The molecule has 0 atom stereocenters. The monoisotopic (exact) mass is 287 g/mol. The van der Waals surface area contributed by atoms with Gasteiger partial charge in [0.05, 0.1) is 12.3 Å². The Kier molecular flexibility index (Phi) is 5.28. The maximum atomic E-state index is 8.77. The summed E-state index contributed by atoms with van der Waals surface area (Å²) in [6.07, 6.45) is 0.500. The first-order chi connectivity index (χ1) is 9.70. The van der Waals surface area contributed by atoms with Crippen molar-refractivity contribution in [2.75, 3.05) is 6.61 Å². The van der Waals surface area contributed by atoms with Crippen LogP contribution >= 0.6 is 11.8 Å². The summed E-state index contributed by atoms with van der Waals surface area (Å²) in [4.78, 5) is 4.36. The van der Waals surface area contributed by atoms with Gasteiger partial charge >= 0.3 is 0 Å². The zero-order valence-electron chi connectivity index (χ0n) is 11.6. The molecular weight excluding hydrogens is 270 g/mol. The summed E-state index contributed by atoms with van der Waals surface area (Å²) in [6, 6.07) is 8.01. The van der Waals surface area contributed by atoms with Crippen LogP contribution < -0.4 is 0 Å². The zero-order chi connectivity index (χ0) is 14.4. The minimum absolute atomic E-state index is 0.0960. The van der Waals surface area contributed by atoms with Crippen LogP contribution in [-0.2, 0) is 5.75 Å². The van der Waals surface area contributed by atoms with Crippen LogP contribution in [0.2, 0.25) is 0 Å². The number of rotatable bonds is 4. The first kappa shape index (κ1) is 14.7. The van der Waals surface area contributed by atoms with Gasteiger partial charge in [-0.2, -0.15) is 0 Å². The Morgan fingerprint density at radius 2 is 2.10 bits per heavy atom. The predicted octanol–water partition coefficient (Wildman–Crippen LogP) is 3.32. The van der Waals surface area contributed by atoms with E-state index in [0.29, 0.717) is 11.6 Å². The topological polar surface area (TPSA) is 46.3 Å². The second kappa shape index (κ2) is 7.18. The lowest BCUT2D eigenvalue weighted by atomic mass is 10.1. The van der Waals surface area contributed by atoms with Gasteiger partial charge < -0.3 is 9.52 Å². The van der Waals surface area contributed by atoms with Gasteiger partial charge in [0.15, 0.2) is 0 Å². The molecule has 0 spiro atoms. The third kappa shape index (κ3) is 3.89. The molecule has 20 heavy (non-hydrogen) atoms. The molecule has 0 fully saturated rings. The second-order valence-corrected chi connectivity index (χ2v) is 5.27. The van der Waals surface area contributed by atoms with E-state index >= 15 is 0 Å². The van der Waals surface area contributed by atoms with Crippen LogP contribution in [0.4, 0.5) is 0 Å². The highest BCUT2D eigenvalue weighted by Crippen LogP contribution is 2.25. The summed E-state index contributed by atoms with van der Waals surface area (Å²) in [7, 11) is 0. The molecule has 1 aromatic heterocycles. The van der Waals surface area contributed by atoms with Crippen LogP contribution in [0.1, 0.15) is 29.0 Å². The minimum Gasteiger partial charge on any atom is -0.437 e. The molecule has 0 unspecified atom stereocenters. The van der Waals surface area contributed by atoms with Gasteiger partial charge in [-0.25, -0.2) is 4.98 Å². The van der Waals surface area contributed by atoms with Crippen LogP contribution in [0, 0.1) is 25.7 Å². The van der Waals surface area contributed by atoms with Gasteiger partial charge in [-0.15, -0.1) is 0 Å². The molecule has 0 aliphatic rings. The van der Waals surface area contributed by atoms with E-state index in [1.807, 2.05) is 32.0 Å². The molecule has 0 amide bonds. The molecule has 1 N–H and O–H groups in total. The van der Waals surface area contributed by atoms with Crippen molar-refractivity contribution in [3.8, 4) is 11.8 Å². The molecule has 1 aromatic carbocycles. The van der Waals surface area contributed by atoms with Crippen LogP contribution in [0.15, 0.2) is 33.9 Å². The Bertz CT molecular complexity index is 618. The lowest BCUT2D eigenvalue weighted by molar-refractivity contribution is 0.305. The number of hydrogen-bond donors (Lipinski definition) is 1. The SMILES string of the molecule is Cc1nc(SCc2ccccc2C#CCCO)oc1C. The zero-order valence-corrected chi connectivity index (χ0v) is 12.5. The largest absolute Gasteiger partial charge is 0.437 e. The van der Waals surface area contributed by atoms with E-state index in [9.17, 15) is 0 Å². The lowest BCUT2D eigenvalue weighted by Crippen LogP contribution is -1.87. The Morgan fingerprint density at radius 1 is 1.30 bits per heavy atom. The molecule has 0 saturated heterocycles. The number of aliphatic hydroxyl groups is 1. The minimum atomic E-state index is 0.0960. The lowest BCUT2D eigenvalue weighted by Gasteiger charge is -2.02. The van der Waals surface area contributed by atoms with E-state index in [1.54, 1.807) is 11.8 Å². The smallest absolute Gasteiger partial charge is 0.256 e. The van der Waals surface area contributed by atoms with Gasteiger partial charge in [-0.05, 0) is 25.5 Å². The van der Waals surface area contributed by atoms with E-state index < -0.39 is 0 Å². The Balaban J connectivity index is 2.08. The number of nitrogens with zero attached hydrogens (tertiary/aromatic N) is 1. The Labute approximate surface area is 123 Å². The molecule has 0 saturated carbocycles. The fraction of sp³-hybridized carbons (Fsp3) is 0.312. The maximum Gasteiger partial charge on any atom is 0.256 e. The molecule has 104 valence electrons. The number of hydrogen-bond acceptors (Lipinski definition) is 4. The molecule has 0 aliphatic carbocycles. The fourth-order valence-electron chi connectivity index (χ4n) is 1.63. The predicted molar refractivity (Wildman–Crippen MR) is 80.6 cm³/mol. The van der Waals surface area contributed by atoms with Crippen molar-refractivity contribution in [3.63, 3.8) is 0 Å². The third-order valence-electron chi connectivity index (χ3n) is 2.84. The molecule has 0 aliphatic heterocycles. The van der Waals surface area contributed by atoms with E-state index in [-0.39, 0.29) is 6.61 Å². The summed E-state index contributed by atoms with van der Waals surface area (Å²) in [5.74, 6) is 7.68. The molecule has 0 bridgehead atoms. The van der Waals surface area contributed by atoms with Gasteiger partial charge in [-0.3, -0.25) is 0 Å². The maximum absolute atomic E-state index is 8.77. The van der Waals surface area contributed by atoms with E-state index in [2.05, 4.69) is 22.9 Å². The molecule has 4 heteroatoms. The number of oxazole rings is 1. The molecule has 2 rings (SSSR count).